The molecule has 0 unspecified atom stereocenters. The number of benzene rings is 1. The van der Waals surface area contributed by atoms with E-state index in [4.69, 9.17) is 9.84 Å². The van der Waals surface area contributed by atoms with E-state index in [1.54, 1.807) is 4.90 Å². The van der Waals surface area contributed by atoms with Crippen LogP contribution in [0.15, 0.2) is 24.3 Å². The number of rotatable bonds is 4. The largest absolute Gasteiger partial charge is 0.484 e. The van der Waals surface area contributed by atoms with Crippen LogP contribution >= 0.6 is 0 Å². The van der Waals surface area contributed by atoms with E-state index in [-0.39, 0.29) is 19.1 Å². The van der Waals surface area contributed by atoms with Crippen molar-refractivity contribution in [3.05, 3.63) is 29.8 Å². The minimum atomic E-state index is -0.838. The third-order valence-electron chi connectivity index (χ3n) is 3.33. The van der Waals surface area contributed by atoms with Gasteiger partial charge in [0, 0.05) is 13.1 Å². The smallest absolute Gasteiger partial charge is 0.308 e. The second-order valence-corrected chi connectivity index (χ2v) is 4.72. The number of hydrogen-bond acceptors (Lipinski definition) is 3. The molecule has 0 radical (unpaired) electrons. The molecule has 1 amide bonds. The topological polar surface area (TPSA) is 66.8 Å². The number of carboxylic acids is 1. The summed E-state index contributed by atoms with van der Waals surface area (Å²) in [7, 11) is 0. The molecule has 0 spiro atoms. The van der Waals surface area contributed by atoms with Crippen LogP contribution in [0.4, 0.5) is 0 Å². The van der Waals surface area contributed by atoms with Gasteiger partial charge in [-0.3, -0.25) is 9.59 Å². The first-order valence-electron chi connectivity index (χ1n) is 6.27. The summed E-state index contributed by atoms with van der Waals surface area (Å²) in [5.41, 5.74) is 0.972. The molecule has 19 heavy (non-hydrogen) atoms. The Labute approximate surface area is 111 Å². The molecule has 5 heteroatoms. The SMILES string of the molecule is Cc1ccccc1OCC(=O)N1CC[C@H](C(=O)O)C1. The Morgan fingerprint density at radius 3 is 2.79 bits per heavy atom. The van der Waals surface area contributed by atoms with Crippen molar-refractivity contribution in [2.45, 2.75) is 13.3 Å². The van der Waals surface area contributed by atoms with E-state index in [0.29, 0.717) is 18.7 Å². The highest BCUT2D eigenvalue weighted by molar-refractivity contribution is 5.80. The Hall–Kier alpha value is -2.04. The molecule has 1 aromatic carbocycles. The number of nitrogens with zero attached hydrogens (tertiary/aromatic N) is 1. The van der Waals surface area contributed by atoms with Crippen LogP contribution in [-0.2, 0) is 9.59 Å². The molecule has 1 heterocycles. The van der Waals surface area contributed by atoms with Gasteiger partial charge in [-0.25, -0.2) is 0 Å². The van der Waals surface area contributed by atoms with E-state index in [1.165, 1.54) is 0 Å². The molecule has 0 aromatic heterocycles. The summed E-state index contributed by atoms with van der Waals surface area (Å²) >= 11 is 0. The van der Waals surface area contributed by atoms with Gasteiger partial charge in [0.05, 0.1) is 5.92 Å². The third kappa shape index (κ3) is 3.24. The van der Waals surface area contributed by atoms with Crippen LogP contribution in [0, 0.1) is 12.8 Å². The van der Waals surface area contributed by atoms with E-state index in [1.807, 2.05) is 31.2 Å². The zero-order chi connectivity index (χ0) is 13.8. The lowest BCUT2D eigenvalue weighted by molar-refractivity contribution is -0.141. The zero-order valence-electron chi connectivity index (χ0n) is 10.8. The van der Waals surface area contributed by atoms with Crippen molar-refractivity contribution in [2.75, 3.05) is 19.7 Å². The van der Waals surface area contributed by atoms with Gasteiger partial charge in [-0.05, 0) is 25.0 Å². The maximum absolute atomic E-state index is 11.9. The fourth-order valence-corrected chi connectivity index (χ4v) is 2.14. The van der Waals surface area contributed by atoms with Gasteiger partial charge < -0.3 is 14.7 Å². The van der Waals surface area contributed by atoms with Crippen LogP contribution in [0.1, 0.15) is 12.0 Å². The zero-order valence-corrected chi connectivity index (χ0v) is 10.8. The summed E-state index contributed by atoms with van der Waals surface area (Å²) in [6.45, 7) is 2.64. The predicted molar refractivity (Wildman–Crippen MR) is 69.0 cm³/mol. The van der Waals surface area contributed by atoms with Crippen molar-refractivity contribution in [1.29, 1.82) is 0 Å². The Kier molecular flexibility index (Phi) is 4.04. The Bertz CT molecular complexity index is 486. The molecule has 0 saturated carbocycles. The first-order chi connectivity index (χ1) is 9.08. The lowest BCUT2D eigenvalue weighted by Gasteiger charge is -2.16. The van der Waals surface area contributed by atoms with Gasteiger partial charge in [-0.2, -0.15) is 0 Å². The first-order valence-corrected chi connectivity index (χ1v) is 6.27. The molecular formula is C14H17NO4. The summed E-state index contributed by atoms with van der Waals surface area (Å²) < 4.78 is 5.47. The predicted octanol–water partition coefficient (Wildman–Crippen LogP) is 1.31. The summed E-state index contributed by atoms with van der Waals surface area (Å²) in [5.74, 6) is -0.755. The number of likely N-dealkylation sites (tertiary alicyclic amines) is 1. The lowest BCUT2D eigenvalue weighted by Crippen LogP contribution is -2.33. The van der Waals surface area contributed by atoms with E-state index < -0.39 is 11.9 Å². The summed E-state index contributed by atoms with van der Waals surface area (Å²) in [6, 6.07) is 7.48. The number of carboxylic acid groups (broad SMARTS) is 1. The Balaban J connectivity index is 1.86. The minimum absolute atomic E-state index is 0.0445. The van der Waals surface area contributed by atoms with Crippen molar-refractivity contribution in [3.63, 3.8) is 0 Å². The van der Waals surface area contributed by atoms with Crippen molar-refractivity contribution in [2.24, 2.45) is 5.92 Å². The molecule has 1 saturated heterocycles. The highest BCUT2D eigenvalue weighted by atomic mass is 16.5. The van der Waals surface area contributed by atoms with Crippen LogP contribution in [-0.4, -0.2) is 41.6 Å². The fourth-order valence-electron chi connectivity index (χ4n) is 2.14. The molecule has 0 aliphatic carbocycles. The lowest BCUT2D eigenvalue weighted by atomic mass is 10.1. The second kappa shape index (κ2) is 5.73. The minimum Gasteiger partial charge on any atom is -0.484 e. The van der Waals surface area contributed by atoms with Crippen LogP contribution in [0.3, 0.4) is 0 Å². The molecule has 1 fully saturated rings. The van der Waals surface area contributed by atoms with Crippen LogP contribution < -0.4 is 4.74 Å². The number of aliphatic carboxylic acids is 1. The maximum atomic E-state index is 11.9. The molecule has 1 atom stereocenters. The summed E-state index contributed by atoms with van der Waals surface area (Å²) in [5, 5.41) is 8.89. The van der Waals surface area contributed by atoms with Crippen LogP contribution in [0.25, 0.3) is 0 Å². The molecule has 102 valence electrons. The van der Waals surface area contributed by atoms with E-state index in [2.05, 4.69) is 0 Å². The Morgan fingerprint density at radius 2 is 2.16 bits per heavy atom. The van der Waals surface area contributed by atoms with Gasteiger partial charge in [0.25, 0.3) is 5.91 Å². The van der Waals surface area contributed by atoms with Crippen molar-refractivity contribution in [1.82, 2.24) is 4.90 Å². The third-order valence-corrected chi connectivity index (χ3v) is 3.33. The Morgan fingerprint density at radius 1 is 1.42 bits per heavy atom. The number of amides is 1. The number of aryl methyl sites for hydroxylation is 1. The molecule has 1 aliphatic heterocycles. The number of ether oxygens (including phenoxy) is 1. The molecule has 5 nitrogen and oxygen atoms in total. The molecule has 2 rings (SSSR count). The number of carbonyl (C=O) groups is 2. The second-order valence-electron chi connectivity index (χ2n) is 4.72. The molecule has 1 N–H and O–H groups in total. The van der Waals surface area contributed by atoms with E-state index in [0.717, 1.165) is 5.56 Å². The van der Waals surface area contributed by atoms with Crippen LogP contribution in [0.5, 0.6) is 5.75 Å². The number of hydrogen-bond donors (Lipinski definition) is 1. The maximum Gasteiger partial charge on any atom is 0.308 e. The van der Waals surface area contributed by atoms with Gasteiger partial charge in [0.2, 0.25) is 0 Å². The normalized spacial score (nSPS) is 18.4. The van der Waals surface area contributed by atoms with Gasteiger partial charge >= 0.3 is 5.97 Å². The van der Waals surface area contributed by atoms with E-state index in [9.17, 15) is 9.59 Å². The van der Waals surface area contributed by atoms with Crippen molar-refractivity contribution in [3.8, 4) is 5.75 Å². The molecule has 0 bridgehead atoms. The van der Waals surface area contributed by atoms with Gasteiger partial charge in [0.1, 0.15) is 5.75 Å². The van der Waals surface area contributed by atoms with Gasteiger partial charge in [-0.15, -0.1) is 0 Å². The number of carbonyl (C=O) groups excluding carboxylic acids is 1. The van der Waals surface area contributed by atoms with Gasteiger partial charge in [-0.1, -0.05) is 18.2 Å². The standard InChI is InChI=1S/C14H17NO4/c1-10-4-2-3-5-12(10)19-9-13(16)15-7-6-11(8-15)14(17)18/h2-5,11H,6-9H2,1H3,(H,17,18)/t11-/m0/s1. The average Bonchev–Trinajstić information content (AvgIpc) is 2.87. The van der Waals surface area contributed by atoms with Crippen molar-refractivity contribution >= 4 is 11.9 Å². The van der Waals surface area contributed by atoms with Crippen LogP contribution in [0.2, 0.25) is 0 Å². The van der Waals surface area contributed by atoms with Gasteiger partial charge in [0.15, 0.2) is 6.61 Å². The highest BCUT2D eigenvalue weighted by Gasteiger charge is 2.30. The first kappa shape index (κ1) is 13.4. The molecular weight excluding hydrogens is 246 g/mol. The quantitative estimate of drug-likeness (QED) is 0.889. The van der Waals surface area contributed by atoms with E-state index >= 15 is 0 Å². The monoisotopic (exact) mass is 263 g/mol. The van der Waals surface area contributed by atoms with Crippen molar-refractivity contribution < 1.29 is 19.4 Å². The fraction of sp³-hybridized carbons (Fsp3) is 0.429. The molecule has 1 aromatic rings. The average molecular weight is 263 g/mol. The summed E-state index contributed by atoms with van der Waals surface area (Å²) in [6.07, 6.45) is 0.519. The number of para-hydroxylation sites is 1. The molecule has 1 aliphatic rings. The summed E-state index contributed by atoms with van der Waals surface area (Å²) in [4.78, 5) is 24.3. The highest BCUT2D eigenvalue weighted by Crippen LogP contribution is 2.18.